The number of fused-ring (bicyclic) bond motifs is 1. The maximum Gasteiger partial charge on any atom is 0.0235 e. The molecule has 0 aromatic carbocycles. The van der Waals surface area contributed by atoms with Crippen LogP contribution in [0.1, 0.15) is 45.4 Å². The molecule has 2 saturated heterocycles. The first-order valence-electron chi connectivity index (χ1n) is 7.30. The van der Waals surface area contributed by atoms with Crippen molar-refractivity contribution in [3.05, 3.63) is 0 Å². The molecule has 92 valence electrons. The van der Waals surface area contributed by atoms with Gasteiger partial charge in [0.05, 0.1) is 0 Å². The molecule has 2 heterocycles. The molecule has 0 bridgehead atoms. The van der Waals surface area contributed by atoms with Crippen LogP contribution in [0.15, 0.2) is 0 Å². The Morgan fingerprint density at radius 2 is 2.06 bits per heavy atom. The second kappa shape index (κ2) is 4.66. The summed E-state index contributed by atoms with van der Waals surface area (Å²) in [5, 5.41) is 3.71. The van der Waals surface area contributed by atoms with Gasteiger partial charge in [-0.15, -0.1) is 0 Å². The molecule has 2 aliphatic heterocycles. The Hall–Kier alpha value is -0.0800. The number of piperidine rings is 1. The Balaban J connectivity index is 1.51. The summed E-state index contributed by atoms with van der Waals surface area (Å²) in [4.78, 5) is 2.76. The quantitative estimate of drug-likeness (QED) is 0.788. The number of rotatable bonds is 3. The molecule has 0 amide bonds. The van der Waals surface area contributed by atoms with Gasteiger partial charge in [0.1, 0.15) is 0 Å². The third-order valence-corrected chi connectivity index (χ3v) is 5.15. The maximum atomic E-state index is 3.71. The van der Waals surface area contributed by atoms with Crippen LogP contribution >= 0.6 is 0 Å². The van der Waals surface area contributed by atoms with Crippen LogP contribution in [0, 0.1) is 11.8 Å². The van der Waals surface area contributed by atoms with Crippen molar-refractivity contribution in [2.24, 2.45) is 11.8 Å². The highest BCUT2D eigenvalue weighted by molar-refractivity contribution is 4.94. The molecule has 3 aliphatic rings. The Labute approximate surface area is 99.8 Å². The van der Waals surface area contributed by atoms with E-state index in [9.17, 15) is 0 Å². The van der Waals surface area contributed by atoms with Crippen LogP contribution in [0.2, 0.25) is 0 Å². The van der Waals surface area contributed by atoms with Gasteiger partial charge in [0.25, 0.3) is 0 Å². The summed E-state index contributed by atoms with van der Waals surface area (Å²) in [6.07, 6.45) is 8.81. The SMILES string of the molecule is CC(CC1CCC1)N1C[C@@H]2CCCN[C@@H]2C1. The Morgan fingerprint density at radius 1 is 1.19 bits per heavy atom. The molecule has 1 saturated carbocycles. The molecule has 2 heteroatoms. The average molecular weight is 222 g/mol. The molecule has 3 fully saturated rings. The first-order chi connectivity index (χ1) is 7.83. The number of hydrogen-bond donors (Lipinski definition) is 1. The minimum absolute atomic E-state index is 0.817. The monoisotopic (exact) mass is 222 g/mol. The minimum atomic E-state index is 0.817. The number of nitrogens with one attached hydrogen (secondary N) is 1. The lowest BCUT2D eigenvalue weighted by Gasteiger charge is -2.32. The lowest BCUT2D eigenvalue weighted by molar-refractivity contribution is 0.175. The molecule has 0 radical (unpaired) electrons. The number of hydrogen-bond acceptors (Lipinski definition) is 2. The van der Waals surface area contributed by atoms with Crippen molar-refractivity contribution in [1.29, 1.82) is 0 Å². The van der Waals surface area contributed by atoms with Crippen LogP contribution in [0.5, 0.6) is 0 Å². The lowest BCUT2D eigenvalue weighted by Crippen LogP contribution is -2.41. The Morgan fingerprint density at radius 3 is 2.75 bits per heavy atom. The number of likely N-dealkylation sites (tertiary alicyclic amines) is 1. The molecular weight excluding hydrogens is 196 g/mol. The second-order valence-electron chi connectivity index (χ2n) is 6.30. The highest BCUT2D eigenvalue weighted by Crippen LogP contribution is 2.33. The van der Waals surface area contributed by atoms with E-state index in [-0.39, 0.29) is 0 Å². The van der Waals surface area contributed by atoms with Crippen molar-refractivity contribution in [1.82, 2.24) is 10.2 Å². The van der Waals surface area contributed by atoms with Crippen LogP contribution in [0.4, 0.5) is 0 Å². The van der Waals surface area contributed by atoms with E-state index in [0.717, 1.165) is 23.9 Å². The summed E-state index contributed by atoms with van der Waals surface area (Å²) >= 11 is 0. The molecule has 0 aromatic heterocycles. The highest BCUT2D eigenvalue weighted by atomic mass is 15.2. The first kappa shape index (κ1) is 11.0. The van der Waals surface area contributed by atoms with Gasteiger partial charge in [0, 0.05) is 25.2 Å². The molecular formula is C14H26N2. The van der Waals surface area contributed by atoms with Crippen molar-refractivity contribution < 1.29 is 0 Å². The van der Waals surface area contributed by atoms with E-state index in [1.54, 1.807) is 0 Å². The fourth-order valence-corrected chi connectivity index (χ4v) is 3.80. The molecule has 2 nitrogen and oxygen atoms in total. The van der Waals surface area contributed by atoms with Gasteiger partial charge in [-0.1, -0.05) is 19.3 Å². The second-order valence-corrected chi connectivity index (χ2v) is 6.30. The van der Waals surface area contributed by atoms with E-state index in [1.165, 1.54) is 58.2 Å². The van der Waals surface area contributed by atoms with Gasteiger partial charge in [-0.3, -0.25) is 4.90 Å². The molecule has 16 heavy (non-hydrogen) atoms. The van der Waals surface area contributed by atoms with Gasteiger partial charge in [-0.25, -0.2) is 0 Å². The van der Waals surface area contributed by atoms with Gasteiger partial charge in [0.15, 0.2) is 0 Å². The number of nitrogens with zero attached hydrogens (tertiary/aromatic N) is 1. The zero-order valence-electron chi connectivity index (χ0n) is 10.6. The standard InChI is InChI=1S/C14H26N2/c1-11(8-12-4-2-5-12)16-9-13-6-3-7-15-14(13)10-16/h11-15H,2-10H2,1H3/t11?,13-,14+/m0/s1. The fourth-order valence-electron chi connectivity index (χ4n) is 3.80. The van der Waals surface area contributed by atoms with Crippen LogP contribution in [-0.4, -0.2) is 36.6 Å². The van der Waals surface area contributed by atoms with E-state index >= 15 is 0 Å². The van der Waals surface area contributed by atoms with Crippen LogP contribution in [0.25, 0.3) is 0 Å². The zero-order valence-corrected chi connectivity index (χ0v) is 10.6. The van der Waals surface area contributed by atoms with Crippen LogP contribution in [0.3, 0.4) is 0 Å². The normalized spacial score (nSPS) is 38.1. The van der Waals surface area contributed by atoms with Gasteiger partial charge in [-0.05, 0) is 44.6 Å². The van der Waals surface area contributed by atoms with Crippen molar-refractivity contribution >= 4 is 0 Å². The molecule has 1 unspecified atom stereocenters. The predicted octanol–water partition coefficient (Wildman–Crippen LogP) is 2.25. The first-order valence-corrected chi connectivity index (χ1v) is 7.30. The molecule has 1 aliphatic carbocycles. The van der Waals surface area contributed by atoms with Crippen molar-refractivity contribution in [3.63, 3.8) is 0 Å². The highest BCUT2D eigenvalue weighted by Gasteiger charge is 2.36. The van der Waals surface area contributed by atoms with E-state index < -0.39 is 0 Å². The molecule has 0 aromatic rings. The van der Waals surface area contributed by atoms with Gasteiger partial charge in [0.2, 0.25) is 0 Å². The summed E-state index contributed by atoms with van der Waals surface area (Å²) in [5.74, 6) is 2.02. The molecule has 3 atom stereocenters. The van der Waals surface area contributed by atoms with Crippen LogP contribution in [-0.2, 0) is 0 Å². The molecule has 0 spiro atoms. The average Bonchev–Trinajstić information content (AvgIpc) is 2.66. The topological polar surface area (TPSA) is 15.3 Å². The van der Waals surface area contributed by atoms with E-state index in [2.05, 4.69) is 17.1 Å². The summed E-state index contributed by atoms with van der Waals surface area (Å²) in [6.45, 7) is 6.39. The summed E-state index contributed by atoms with van der Waals surface area (Å²) in [5.41, 5.74) is 0. The van der Waals surface area contributed by atoms with Gasteiger partial charge < -0.3 is 5.32 Å². The van der Waals surface area contributed by atoms with Crippen molar-refractivity contribution in [2.75, 3.05) is 19.6 Å². The van der Waals surface area contributed by atoms with Gasteiger partial charge in [-0.2, -0.15) is 0 Å². The fraction of sp³-hybridized carbons (Fsp3) is 1.00. The summed E-state index contributed by atoms with van der Waals surface area (Å²) in [6, 6.07) is 1.65. The minimum Gasteiger partial charge on any atom is -0.312 e. The third kappa shape index (κ3) is 2.14. The lowest BCUT2D eigenvalue weighted by atomic mass is 9.81. The van der Waals surface area contributed by atoms with E-state index in [1.807, 2.05) is 0 Å². The largest absolute Gasteiger partial charge is 0.312 e. The smallest absolute Gasteiger partial charge is 0.0235 e. The van der Waals surface area contributed by atoms with Crippen molar-refractivity contribution in [2.45, 2.75) is 57.5 Å². The predicted molar refractivity (Wildman–Crippen MR) is 67.5 cm³/mol. The molecule has 3 rings (SSSR count). The zero-order chi connectivity index (χ0) is 11.0. The van der Waals surface area contributed by atoms with Crippen LogP contribution < -0.4 is 5.32 Å². The van der Waals surface area contributed by atoms with E-state index in [0.29, 0.717) is 0 Å². The molecule has 1 N–H and O–H groups in total. The van der Waals surface area contributed by atoms with Gasteiger partial charge >= 0.3 is 0 Å². The van der Waals surface area contributed by atoms with Crippen molar-refractivity contribution in [3.8, 4) is 0 Å². The Bertz CT molecular complexity index is 223. The third-order valence-electron chi connectivity index (χ3n) is 5.15. The van der Waals surface area contributed by atoms with E-state index in [4.69, 9.17) is 0 Å². The summed E-state index contributed by atoms with van der Waals surface area (Å²) < 4.78 is 0. The summed E-state index contributed by atoms with van der Waals surface area (Å²) in [7, 11) is 0. The Kier molecular flexibility index (Phi) is 3.21. The maximum absolute atomic E-state index is 3.71.